The highest BCUT2D eigenvalue weighted by Gasteiger charge is 2.38. The van der Waals surface area contributed by atoms with E-state index in [4.69, 9.17) is 32.6 Å². The van der Waals surface area contributed by atoms with Gasteiger partial charge in [0.1, 0.15) is 17.3 Å². The number of ether oxygens (including phenoxy) is 2. The summed E-state index contributed by atoms with van der Waals surface area (Å²) in [6.07, 6.45) is 5.51. The van der Waals surface area contributed by atoms with Gasteiger partial charge in [-0.2, -0.15) is 8.42 Å². The van der Waals surface area contributed by atoms with Crippen LogP contribution in [0.1, 0.15) is 24.9 Å². The summed E-state index contributed by atoms with van der Waals surface area (Å²) in [5.74, 6) is 0.343. The smallest absolute Gasteiger partial charge is 0.332 e. The quantitative estimate of drug-likeness (QED) is 0.174. The highest BCUT2D eigenvalue weighted by molar-refractivity contribution is 8.05. The van der Waals surface area contributed by atoms with Crippen LogP contribution in [0.5, 0.6) is 11.5 Å². The number of rotatable bonds is 10. The summed E-state index contributed by atoms with van der Waals surface area (Å²) in [6, 6.07) is 10.3. The molecule has 0 aromatic heterocycles. The first-order valence-electron chi connectivity index (χ1n) is 11.9. The average Bonchev–Trinajstić information content (AvgIpc) is 2.90. The first-order chi connectivity index (χ1) is 19.3. The highest BCUT2D eigenvalue weighted by Crippen LogP contribution is 2.44. The molecule has 4 rings (SSSR count). The van der Waals surface area contributed by atoms with Gasteiger partial charge in [-0.3, -0.25) is 10.1 Å². The molecule has 3 aromatic carbocycles. The van der Waals surface area contributed by atoms with Crippen LogP contribution in [0.25, 0.3) is 10.8 Å². The molecule has 2 atom stereocenters. The second-order valence-electron chi connectivity index (χ2n) is 8.97. The Morgan fingerprint density at radius 2 is 1.85 bits per heavy atom. The molecule has 0 amide bonds. The monoisotopic (exact) mass is 621 g/mol. The van der Waals surface area contributed by atoms with Gasteiger partial charge in [0.05, 0.1) is 30.2 Å². The minimum absolute atomic E-state index is 0.113. The van der Waals surface area contributed by atoms with Crippen LogP contribution < -0.4 is 23.2 Å². The number of carbonyl (C=O) groups is 2. The van der Waals surface area contributed by atoms with Crippen molar-refractivity contribution in [3.05, 3.63) is 59.1 Å². The van der Waals surface area contributed by atoms with Crippen molar-refractivity contribution >= 4 is 60.2 Å². The van der Waals surface area contributed by atoms with E-state index >= 15 is 0 Å². The van der Waals surface area contributed by atoms with Crippen LogP contribution in [0.4, 0.5) is 5.69 Å². The number of carboxylic acid groups (broad SMARTS) is 1. The van der Waals surface area contributed by atoms with Crippen LogP contribution in [0.3, 0.4) is 0 Å². The number of benzene rings is 3. The molecule has 3 aromatic rings. The number of hydrogen-bond donors (Lipinski definition) is 3. The van der Waals surface area contributed by atoms with Crippen LogP contribution in [0.15, 0.2) is 53.4 Å². The van der Waals surface area contributed by atoms with E-state index in [2.05, 4.69) is 11.2 Å². The number of methoxy groups -OCH3 is 1. The van der Waals surface area contributed by atoms with Crippen molar-refractivity contribution in [3.8, 4) is 23.8 Å². The summed E-state index contributed by atoms with van der Waals surface area (Å²) in [7, 11) is -8.35. The van der Waals surface area contributed by atoms with Crippen molar-refractivity contribution < 1.29 is 41.0 Å². The van der Waals surface area contributed by atoms with Crippen molar-refractivity contribution in [2.45, 2.75) is 30.3 Å². The number of aliphatic carboxylic acids is 1. The maximum Gasteiger partial charge on any atom is 0.332 e. The molecule has 0 saturated heterocycles. The number of nitrogens with zero attached hydrogens (tertiary/aromatic N) is 1. The van der Waals surface area contributed by atoms with E-state index in [9.17, 15) is 26.4 Å². The van der Waals surface area contributed by atoms with Gasteiger partial charge in [0.25, 0.3) is 10.0 Å². The number of halogens is 1. The van der Waals surface area contributed by atoms with Gasteiger partial charge in [0.2, 0.25) is 0 Å². The zero-order valence-corrected chi connectivity index (χ0v) is 24.0. The molecule has 3 N–H and O–H groups in total. The molecule has 0 unspecified atom stereocenters. The molecule has 15 heteroatoms. The first kappa shape index (κ1) is 30.1. The van der Waals surface area contributed by atoms with Gasteiger partial charge in [0.15, 0.2) is 5.75 Å². The van der Waals surface area contributed by atoms with Crippen LogP contribution in [-0.2, 0) is 29.8 Å². The Kier molecular flexibility index (Phi) is 8.48. The lowest BCUT2D eigenvalue weighted by molar-refractivity contribution is -0.137. The Hall–Kier alpha value is -3.87. The molecule has 1 heterocycles. The lowest BCUT2D eigenvalue weighted by Crippen LogP contribution is -2.48. The fourth-order valence-electron chi connectivity index (χ4n) is 4.38. The van der Waals surface area contributed by atoms with Gasteiger partial charge in [-0.25, -0.2) is 17.5 Å². The van der Waals surface area contributed by atoms with Gasteiger partial charge < -0.3 is 14.6 Å². The third-order valence-electron chi connectivity index (χ3n) is 6.14. The molecule has 41 heavy (non-hydrogen) atoms. The van der Waals surface area contributed by atoms with Crippen molar-refractivity contribution in [1.82, 2.24) is 9.44 Å². The predicted molar refractivity (Wildman–Crippen MR) is 151 cm³/mol. The van der Waals surface area contributed by atoms with E-state index in [1.807, 2.05) is 0 Å². The second-order valence-corrected chi connectivity index (χ2v) is 12.8. The molecule has 12 nitrogen and oxygen atoms in total. The molecule has 0 fully saturated rings. The fourth-order valence-corrected chi connectivity index (χ4v) is 7.88. The maximum absolute atomic E-state index is 13.5. The number of nitrogens with one attached hydrogen (secondary N) is 2. The van der Waals surface area contributed by atoms with Crippen LogP contribution in [0.2, 0.25) is 5.02 Å². The molecule has 0 bridgehead atoms. The number of hydrogen-bond acceptors (Lipinski definition) is 9. The van der Waals surface area contributed by atoms with Crippen LogP contribution in [-0.4, -0.2) is 53.6 Å². The van der Waals surface area contributed by atoms with Gasteiger partial charge in [-0.1, -0.05) is 52.0 Å². The topological polar surface area (TPSA) is 168 Å². The Balaban J connectivity index is 1.73. The Morgan fingerprint density at radius 1 is 1.17 bits per heavy atom. The van der Waals surface area contributed by atoms with E-state index in [1.54, 1.807) is 29.3 Å². The fraction of sp³-hybridized carbons (Fsp3) is 0.231. The van der Waals surface area contributed by atoms with E-state index in [-0.39, 0.29) is 38.9 Å². The van der Waals surface area contributed by atoms with E-state index in [1.165, 1.54) is 37.4 Å². The zero-order chi connectivity index (χ0) is 30.1. The van der Waals surface area contributed by atoms with Crippen molar-refractivity contribution in [2.75, 3.05) is 18.0 Å². The van der Waals surface area contributed by atoms with Gasteiger partial charge >= 0.3 is 22.1 Å². The summed E-state index contributed by atoms with van der Waals surface area (Å²) >= 11 is 6.20. The summed E-state index contributed by atoms with van der Waals surface area (Å²) < 4.78 is 66.2. The number of esters is 1. The van der Waals surface area contributed by atoms with E-state index in [0.717, 1.165) is 0 Å². The Bertz CT molecular complexity index is 1800. The summed E-state index contributed by atoms with van der Waals surface area (Å²) in [4.78, 5) is 23.0. The van der Waals surface area contributed by atoms with Gasteiger partial charge in [-0.15, -0.1) is 6.42 Å². The van der Waals surface area contributed by atoms with Crippen molar-refractivity contribution in [1.29, 1.82) is 0 Å². The van der Waals surface area contributed by atoms with Crippen LogP contribution >= 0.6 is 11.6 Å². The minimum Gasteiger partial charge on any atom is -0.495 e. The number of sulfonamides is 1. The largest absolute Gasteiger partial charge is 0.495 e. The standard InChI is InChI=1S/C26H24ClN3O9S2/c1-4-19(28-15(2)13-23(31)32)17-9-12-22(18-8-6-5-7-16(17)18)40(34,35)29-41(36,37)30-14-24(33)39-26-20(30)10-11-21(38-3)25(26)27/h1,5-12,15,19,28-29H,13-14H2,2-3H3,(H,31,32)/t15-,19-/m0/s1. The van der Waals surface area contributed by atoms with Gasteiger partial charge in [-0.05, 0) is 36.1 Å². The first-order valence-corrected chi connectivity index (χ1v) is 15.2. The Morgan fingerprint density at radius 3 is 2.49 bits per heavy atom. The predicted octanol–water partition coefficient (Wildman–Crippen LogP) is 2.58. The summed E-state index contributed by atoms with van der Waals surface area (Å²) in [5, 5.41) is 12.5. The third-order valence-corrected chi connectivity index (χ3v) is 10.1. The summed E-state index contributed by atoms with van der Waals surface area (Å²) in [6.45, 7) is 0.830. The molecule has 216 valence electrons. The molecule has 0 spiro atoms. The number of anilines is 1. The molecule has 0 saturated carbocycles. The van der Waals surface area contributed by atoms with E-state index < -0.39 is 50.8 Å². The maximum atomic E-state index is 13.5. The summed E-state index contributed by atoms with van der Waals surface area (Å²) in [5.41, 5.74) is 0.315. The molecule has 0 aliphatic carbocycles. The van der Waals surface area contributed by atoms with Crippen molar-refractivity contribution in [2.24, 2.45) is 0 Å². The van der Waals surface area contributed by atoms with E-state index in [0.29, 0.717) is 15.3 Å². The van der Waals surface area contributed by atoms with Crippen molar-refractivity contribution in [3.63, 3.8) is 0 Å². The SMILES string of the molecule is C#C[C@H](N[C@@H](C)CC(=O)O)c1ccc(S(=O)(=O)NS(=O)(=O)N2CC(=O)Oc3c2ccc(OC)c3Cl)c2ccccc12. The number of terminal acetylenes is 1. The van der Waals surface area contributed by atoms with Crippen LogP contribution in [0, 0.1) is 12.3 Å². The molecular formula is C26H24ClN3O9S2. The Labute approximate surface area is 241 Å². The number of carbonyl (C=O) groups excluding carboxylic acids is 1. The lowest BCUT2D eigenvalue weighted by Gasteiger charge is -2.29. The number of fused-ring (bicyclic) bond motifs is 2. The average molecular weight is 622 g/mol. The molecule has 1 aliphatic heterocycles. The normalized spacial score (nSPS) is 15.0. The molecule has 1 aliphatic rings. The minimum atomic E-state index is -4.90. The highest BCUT2D eigenvalue weighted by atomic mass is 35.5. The third kappa shape index (κ3) is 6.09. The molecule has 0 radical (unpaired) electrons. The number of carboxylic acids is 1. The lowest BCUT2D eigenvalue weighted by atomic mass is 9.98. The zero-order valence-electron chi connectivity index (χ0n) is 21.6. The molecular weight excluding hydrogens is 598 g/mol. The van der Waals surface area contributed by atoms with Gasteiger partial charge in [0, 0.05) is 11.4 Å². The second kappa shape index (κ2) is 11.6.